The second-order valence-corrected chi connectivity index (χ2v) is 5.95. The Bertz CT molecular complexity index is 751. The van der Waals surface area contributed by atoms with E-state index in [9.17, 15) is 13.6 Å². The van der Waals surface area contributed by atoms with Gasteiger partial charge in [0.05, 0.1) is 12.3 Å². The minimum Gasteiger partial charge on any atom is -0.487 e. The second-order valence-electron chi connectivity index (χ2n) is 5.49. The van der Waals surface area contributed by atoms with Crippen LogP contribution in [0.3, 0.4) is 0 Å². The molecular weight excluding hydrogens is 344 g/mol. The summed E-state index contributed by atoms with van der Waals surface area (Å²) in [6.07, 6.45) is 1.85. The molecule has 1 N–H and O–H groups in total. The molecule has 0 aromatic heterocycles. The summed E-state index contributed by atoms with van der Waals surface area (Å²) in [6, 6.07) is 10.4. The van der Waals surface area contributed by atoms with Crippen LogP contribution in [0.5, 0.6) is 0 Å². The molecule has 3 nitrogen and oxygen atoms in total. The van der Waals surface area contributed by atoms with Crippen molar-refractivity contribution in [1.82, 2.24) is 0 Å². The van der Waals surface area contributed by atoms with E-state index in [0.717, 1.165) is 18.9 Å². The Hall–Kier alpha value is -2.34. The molecule has 1 amide bonds. The summed E-state index contributed by atoms with van der Waals surface area (Å²) in [7, 11) is 0. The molecule has 0 radical (unpaired) electrons. The Kier molecular flexibility index (Phi) is 7.01. The van der Waals surface area contributed by atoms with Crippen LogP contribution < -0.4 is 5.32 Å². The topological polar surface area (TPSA) is 38.3 Å². The van der Waals surface area contributed by atoms with Gasteiger partial charge in [-0.1, -0.05) is 31.5 Å². The van der Waals surface area contributed by atoms with Gasteiger partial charge in [0.15, 0.2) is 5.05 Å². The Morgan fingerprint density at radius 3 is 2.56 bits per heavy atom. The monoisotopic (exact) mass is 363 g/mol. The molecule has 132 valence electrons. The first kappa shape index (κ1) is 19.0. The molecule has 0 fully saturated rings. The fourth-order valence-electron chi connectivity index (χ4n) is 2.15. The van der Waals surface area contributed by atoms with E-state index >= 15 is 0 Å². The van der Waals surface area contributed by atoms with E-state index in [-0.39, 0.29) is 22.7 Å². The van der Waals surface area contributed by atoms with Crippen molar-refractivity contribution in [2.75, 3.05) is 11.9 Å². The normalized spacial score (nSPS) is 10.4. The molecule has 25 heavy (non-hydrogen) atoms. The van der Waals surface area contributed by atoms with Crippen LogP contribution in [0, 0.1) is 11.6 Å². The summed E-state index contributed by atoms with van der Waals surface area (Å²) in [5, 5.41) is 2.69. The van der Waals surface area contributed by atoms with E-state index in [1.165, 1.54) is 6.07 Å². The van der Waals surface area contributed by atoms with Crippen molar-refractivity contribution in [3.63, 3.8) is 0 Å². The maximum atomic E-state index is 14.0. The van der Waals surface area contributed by atoms with Crippen LogP contribution in [0.15, 0.2) is 42.5 Å². The second kappa shape index (κ2) is 9.22. The lowest BCUT2D eigenvalue weighted by Gasteiger charge is -2.11. The fourth-order valence-corrected chi connectivity index (χ4v) is 2.38. The third-order valence-electron chi connectivity index (χ3n) is 3.52. The minimum atomic E-state index is -0.844. The number of carbonyl (C=O) groups is 1. The third kappa shape index (κ3) is 5.60. The number of thiocarbonyl (C=S) groups is 1. The van der Waals surface area contributed by atoms with Crippen LogP contribution >= 0.6 is 12.2 Å². The maximum absolute atomic E-state index is 14.0. The summed E-state index contributed by atoms with van der Waals surface area (Å²) >= 11 is 5.08. The highest BCUT2D eigenvalue weighted by Gasteiger charge is 2.15. The molecule has 2 aromatic carbocycles. The molecule has 0 saturated heterocycles. The van der Waals surface area contributed by atoms with E-state index in [4.69, 9.17) is 17.0 Å². The molecule has 2 aromatic rings. The Morgan fingerprint density at radius 1 is 1.16 bits per heavy atom. The van der Waals surface area contributed by atoms with E-state index < -0.39 is 17.5 Å². The first-order valence-electron chi connectivity index (χ1n) is 8.01. The molecule has 0 bridgehead atoms. The van der Waals surface area contributed by atoms with Gasteiger partial charge in [0, 0.05) is 18.1 Å². The Balaban J connectivity index is 2.11. The molecule has 0 heterocycles. The van der Waals surface area contributed by atoms with Crippen LogP contribution in [0.4, 0.5) is 14.5 Å². The molecule has 0 aliphatic rings. The van der Waals surface area contributed by atoms with Crippen molar-refractivity contribution in [2.24, 2.45) is 0 Å². The largest absolute Gasteiger partial charge is 0.487 e. The van der Waals surface area contributed by atoms with Crippen LogP contribution in [0.25, 0.3) is 0 Å². The molecular formula is C19H19F2NO2S. The van der Waals surface area contributed by atoms with Crippen LogP contribution in [-0.4, -0.2) is 17.6 Å². The zero-order valence-corrected chi connectivity index (χ0v) is 14.7. The van der Waals surface area contributed by atoms with Gasteiger partial charge in [0.1, 0.15) is 11.6 Å². The van der Waals surface area contributed by atoms with Crippen molar-refractivity contribution < 1.29 is 18.3 Å². The van der Waals surface area contributed by atoms with Gasteiger partial charge in [-0.2, -0.15) is 0 Å². The van der Waals surface area contributed by atoms with Gasteiger partial charge in [0.2, 0.25) is 0 Å². The number of halogens is 2. The molecule has 0 atom stereocenters. The predicted octanol–water partition coefficient (Wildman–Crippen LogP) is 4.90. The van der Waals surface area contributed by atoms with Gasteiger partial charge in [-0.25, -0.2) is 8.78 Å². The Morgan fingerprint density at radius 2 is 1.88 bits per heavy atom. The van der Waals surface area contributed by atoms with E-state index in [1.807, 2.05) is 6.92 Å². The summed E-state index contributed by atoms with van der Waals surface area (Å²) in [5.74, 6) is -2.04. The standard InChI is InChI=1S/C19H19F2NO2S/c1-2-3-9-24-18(25)11-14-10-17(16(21)12-15(14)20)22-19(23)13-7-5-4-6-8-13/h4-8,10,12H,2-3,9,11H2,1H3,(H,22,23). The van der Waals surface area contributed by atoms with Gasteiger partial charge in [-0.15, -0.1) is 0 Å². The number of unbranched alkanes of at least 4 members (excludes halogenated alkanes) is 1. The smallest absolute Gasteiger partial charge is 0.255 e. The summed E-state index contributed by atoms with van der Waals surface area (Å²) in [6.45, 7) is 2.49. The molecule has 0 spiro atoms. The van der Waals surface area contributed by atoms with E-state index in [0.29, 0.717) is 12.2 Å². The molecule has 0 aliphatic heterocycles. The molecule has 2 rings (SSSR count). The molecule has 0 unspecified atom stereocenters. The highest BCUT2D eigenvalue weighted by molar-refractivity contribution is 7.80. The number of amides is 1. The van der Waals surface area contributed by atoms with Gasteiger partial charge < -0.3 is 10.1 Å². The average molecular weight is 363 g/mol. The third-order valence-corrected chi connectivity index (χ3v) is 3.78. The van der Waals surface area contributed by atoms with Crippen LogP contribution in [0.1, 0.15) is 35.7 Å². The number of anilines is 1. The van der Waals surface area contributed by atoms with E-state index in [1.54, 1.807) is 30.3 Å². The van der Waals surface area contributed by atoms with Crippen molar-refractivity contribution in [3.8, 4) is 0 Å². The van der Waals surface area contributed by atoms with Gasteiger partial charge >= 0.3 is 0 Å². The zero-order chi connectivity index (χ0) is 18.2. The Labute approximate surface area is 151 Å². The van der Waals surface area contributed by atoms with Crippen molar-refractivity contribution in [2.45, 2.75) is 26.2 Å². The molecule has 0 saturated carbocycles. The van der Waals surface area contributed by atoms with Crippen molar-refractivity contribution in [1.29, 1.82) is 0 Å². The summed E-state index contributed by atoms with van der Waals surface area (Å²) in [4.78, 5) is 12.1. The first-order valence-corrected chi connectivity index (χ1v) is 8.42. The average Bonchev–Trinajstić information content (AvgIpc) is 2.60. The molecule has 6 heteroatoms. The number of benzene rings is 2. The van der Waals surface area contributed by atoms with Crippen LogP contribution in [0.2, 0.25) is 0 Å². The van der Waals surface area contributed by atoms with Gasteiger partial charge in [-0.3, -0.25) is 4.79 Å². The van der Waals surface area contributed by atoms with Gasteiger partial charge in [-0.05, 0) is 42.4 Å². The number of hydrogen-bond donors (Lipinski definition) is 1. The lowest BCUT2D eigenvalue weighted by molar-refractivity contribution is 0.102. The summed E-state index contributed by atoms with van der Waals surface area (Å²) < 4.78 is 33.3. The SMILES string of the molecule is CCCCOC(=S)Cc1cc(NC(=O)c2ccccc2)c(F)cc1F. The lowest BCUT2D eigenvalue weighted by atomic mass is 10.1. The number of rotatable bonds is 7. The number of hydrogen-bond acceptors (Lipinski definition) is 3. The zero-order valence-electron chi connectivity index (χ0n) is 13.9. The van der Waals surface area contributed by atoms with E-state index in [2.05, 4.69) is 5.32 Å². The quantitative estimate of drug-likeness (QED) is 0.561. The van der Waals surface area contributed by atoms with Gasteiger partial charge in [0.25, 0.3) is 5.91 Å². The predicted molar refractivity (Wildman–Crippen MR) is 97.9 cm³/mol. The maximum Gasteiger partial charge on any atom is 0.255 e. The number of nitrogens with one attached hydrogen (secondary N) is 1. The number of ether oxygens (including phenoxy) is 1. The first-order chi connectivity index (χ1) is 12.0. The minimum absolute atomic E-state index is 0.0410. The highest BCUT2D eigenvalue weighted by Crippen LogP contribution is 2.21. The summed E-state index contributed by atoms with van der Waals surface area (Å²) in [5.41, 5.74) is 0.457. The number of carbonyl (C=O) groups excluding carboxylic acids is 1. The highest BCUT2D eigenvalue weighted by atomic mass is 32.1. The van der Waals surface area contributed by atoms with Crippen molar-refractivity contribution in [3.05, 3.63) is 65.2 Å². The molecule has 0 aliphatic carbocycles. The van der Waals surface area contributed by atoms with Crippen LogP contribution in [-0.2, 0) is 11.2 Å². The van der Waals surface area contributed by atoms with Crippen molar-refractivity contribution >= 4 is 28.9 Å². The fraction of sp³-hybridized carbons (Fsp3) is 0.263. The lowest BCUT2D eigenvalue weighted by Crippen LogP contribution is -2.14.